The molecule has 0 amide bonds. The summed E-state index contributed by atoms with van der Waals surface area (Å²) in [4.78, 5) is 19.4. The van der Waals surface area contributed by atoms with Crippen molar-refractivity contribution in [2.75, 3.05) is 10.0 Å². The monoisotopic (exact) mass is 520 g/mol. The average molecular weight is 521 g/mol. The smallest absolute Gasteiger partial charge is 0.418 e. The lowest BCUT2D eigenvalue weighted by Crippen LogP contribution is -2.48. The van der Waals surface area contributed by atoms with Gasteiger partial charge in [-0.1, -0.05) is 30.3 Å². The zero-order valence-electron chi connectivity index (χ0n) is 19.3. The quantitative estimate of drug-likeness (QED) is 0.404. The summed E-state index contributed by atoms with van der Waals surface area (Å²) in [6.07, 6.45) is -3.98. The predicted octanol–water partition coefficient (Wildman–Crippen LogP) is 4.94. The molecular formula is C24H23F3N4O4S. The third-order valence-electron chi connectivity index (χ3n) is 6.10. The van der Waals surface area contributed by atoms with E-state index in [-0.39, 0.29) is 28.3 Å². The Morgan fingerprint density at radius 2 is 1.72 bits per heavy atom. The molecule has 3 aromatic rings. The van der Waals surface area contributed by atoms with E-state index in [2.05, 4.69) is 20.0 Å². The summed E-state index contributed by atoms with van der Waals surface area (Å²) < 4.78 is 69.1. The van der Waals surface area contributed by atoms with E-state index in [1.165, 1.54) is 18.2 Å². The fourth-order valence-electron chi connectivity index (χ4n) is 4.14. The summed E-state index contributed by atoms with van der Waals surface area (Å²) >= 11 is 0. The minimum Gasteiger partial charge on any atom is -0.481 e. The van der Waals surface area contributed by atoms with Gasteiger partial charge in [-0.25, -0.2) is 9.97 Å². The molecule has 2 aromatic heterocycles. The standard InChI is InChI=1S/C24H23F3N4O4S/c1-14-6-3-4-7-16(14)21-17(24(25,26)27)10-11-19(30-21)31-36(34,35)20-9-5-8-18(29-20)28-15-12-23(2,13-15)22(32)33/h3-11,15H,12-13H2,1-2H3,(H,28,29)(H,30,31)(H,32,33)/t15-,23-. The molecule has 190 valence electrons. The van der Waals surface area contributed by atoms with E-state index in [4.69, 9.17) is 0 Å². The van der Waals surface area contributed by atoms with Crippen LogP contribution in [0.15, 0.2) is 59.6 Å². The van der Waals surface area contributed by atoms with Gasteiger partial charge in [-0.3, -0.25) is 9.52 Å². The van der Waals surface area contributed by atoms with Crippen molar-refractivity contribution in [1.82, 2.24) is 9.97 Å². The maximum Gasteiger partial charge on any atom is 0.418 e. The van der Waals surface area contributed by atoms with Crippen molar-refractivity contribution in [1.29, 1.82) is 0 Å². The number of benzene rings is 1. The summed E-state index contributed by atoms with van der Waals surface area (Å²) in [6.45, 7) is 3.27. The Morgan fingerprint density at radius 1 is 1.03 bits per heavy atom. The normalized spacial score (nSPS) is 19.9. The number of sulfonamides is 1. The number of carbonyl (C=O) groups is 1. The number of nitrogens with one attached hydrogen (secondary N) is 2. The molecular weight excluding hydrogens is 497 g/mol. The van der Waals surface area contributed by atoms with Crippen molar-refractivity contribution in [3.05, 3.63) is 65.7 Å². The van der Waals surface area contributed by atoms with Crippen LogP contribution in [-0.4, -0.2) is 35.5 Å². The number of anilines is 2. The fraction of sp³-hybridized carbons (Fsp3) is 0.292. The van der Waals surface area contributed by atoms with Gasteiger partial charge >= 0.3 is 12.1 Å². The lowest BCUT2D eigenvalue weighted by atomic mass is 9.67. The second kappa shape index (κ2) is 9.08. The molecule has 0 atom stereocenters. The molecule has 0 unspecified atom stereocenters. The molecule has 2 heterocycles. The molecule has 0 radical (unpaired) electrons. The van der Waals surface area contributed by atoms with Crippen LogP contribution in [0.3, 0.4) is 0 Å². The van der Waals surface area contributed by atoms with E-state index in [1.807, 2.05) is 0 Å². The van der Waals surface area contributed by atoms with Crippen LogP contribution in [-0.2, 0) is 21.0 Å². The molecule has 0 saturated heterocycles. The van der Waals surface area contributed by atoms with Crippen LogP contribution in [0.25, 0.3) is 11.3 Å². The summed E-state index contributed by atoms with van der Waals surface area (Å²) in [5.41, 5.74) is -1.45. The molecule has 1 aliphatic rings. The molecule has 8 nitrogen and oxygen atoms in total. The Hall–Kier alpha value is -3.67. The van der Waals surface area contributed by atoms with Crippen LogP contribution in [0, 0.1) is 12.3 Å². The van der Waals surface area contributed by atoms with Gasteiger partial charge in [-0.15, -0.1) is 0 Å². The van der Waals surface area contributed by atoms with Gasteiger partial charge in [0.05, 0.1) is 16.7 Å². The second-order valence-electron chi connectivity index (χ2n) is 8.99. The average Bonchev–Trinajstić information content (AvgIpc) is 2.77. The molecule has 0 spiro atoms. The molecule has 12 heteroatoms. The summed E-state index contributed by atoms with van der Waals surface area (Å²) in [5, 5.41) is 11.9. The van der Waals surface area contributed by atoms with E-state index < -0.39 is 38.8 Å². The lowest BCUT2D eigenvalue weighted by Gasteiger charge is -2.42. The van der Waals surface area contributed by atoms with Crippen LogP contribution >= 0.6 is 0 Å². The number of aliphatic carboxylic acids is 1. The Kier molecular flexibility index (Phi) is 6.41. The molecule has 1 fully saturated rings. The van der Waals surface area contributed by atoms with Crippen LogP contribution < -0.4 is 10.0 Å². The van der Waals surface area contributed by atoms with Gasteiger partial charge < -0.3 is 10.4 Å². The second-order valence-corrected chi connectivity index (χ2v) is 10.6. The van der Waals surface area contributed by atoms with Gasteiger partial charge in [0.2, 0.25) is 0 Å². The van der Waals surface area contributed by atoms with Gasteiger partial charge in [0.1, 0.15) is 11.6 Å². The lowest BCUT2D eigenvalue weighted by molar-refractivity contribution is -0.153. The number of halogens is 3. The molecule has 3 N–H and O–H groups in total. The number of alkyl halides is 3. The van der Waals surface area contributed by atoms with Gasteiger partial charge in [-0.2, -0.15) is 21.6 Å². The van der Waals surface area contributed by atoms with Crippen molar-refractivity contribution in [2.24, 2.45) is 5.41 Å². The summed E-state index contributed by atoms with van der Waals surface area (Å²) in [7, 11) is -4.29. The first-order valence-corrected chi connectivity index (χ1v) is 12.4. The minimum atomic E-state index is -4.69. The number of carboxylic acid groups (broad SMARTS) is 1. The SMILES string of the molecule is Cc1ccccc1-c1nc(NS(=O)(=O)c2cccc(N[C@H]3C[C@](C)(C(=O)O)C3)n2)ccc1C(F)(F)F. The zero-order valence-corrected chi connectivity index (χ0v) is 20.1. The Balaban J connectivity index is 1.59. The maximum absolute atomic E-state index is 13.6. The fourth-order valence-corrected chi connectivity index (χ4v) is 5.11. The Morgan fingerprint density at radius 3 is 2.36 bits per heavy atom. The number of nitrogens with zero attached hydrogens (tertiary/aromatic N) is 2. The number of pyridine rings is 2. The third-order valence-corrected chi connectivity index (χ3v) is 7.36. The van der Waals surface area contributed by atoms with E-state index >= 15 is 0 Å². The molecule has 4 rings (SSSR count). The third kappa shape index (κ3) is 5.13. The Bertz CT molecular complexity index is 1420. The molecule has 0 bridgehead atoms. The highest BCUT2D eigenvalue weighted by Crippen LogP contribution is 2.42. The number of rotatable bonds is 7. The van der Waals surface area contributed by atoms with E-state index in [0.29, 0.717) is 18.4 Å². The largest absolute Gasteiger partial charge is 0.481 e. The van der Waals surface area contributed by atoms with Crippen LogP contribution in [0.2, 0.25) is 0 Å². The Labute approximate surface area is 205 Å². The van der Waals surface area contributed by atoms with Crippen LogP contribution in [0.5, 0.6) is 0 Å². The number of aromatic nitrogens is 2. The van der Waals surface area contributed by atoms with Gasteiger partial charge in [0, 0.05) is 11.6 Å². The van der Waals surface area contributed by atoms with Gasteiger partial charge in [0.25, 0.3) is 10.0 Å². The van der Waals surface area contributed by atoms with E-state index in [0.717, 1.165) is 12.1 Å². The van der Waals surface area contributed by atoms with Gasteiger partial charge in [0.15, 0.2) is 5.03 Å². The maximum atomic E-state index is 13.6. The predicted molar refractivity (Wildman–Crippen MR) is 127 cm³/mol. The number of hydrogen-bond donors (Lipinski definition) is 3. The molecule has 1 aliphatic carbocycles. The number of aryl methyl sites for hydroxylation is 1. The highest BCUT2D eigenvalue weighted by atomic mass is 32.2. The van der Waals surface area contributed by atoms with E-state index in [1.54, 1.807) is 38.1 Å². The van der Waals surface area contributed by atoms with Crippen molar-refractivity contribution in [3.8, 4) is 11.3 Å². The van der Waals surface area contributed by atoms with Crippen LogP contribution in [0.1, 0.15) is 30.9 Å². The van der Waals surface area contributed by atoms with Crippen molar-refractivity contribution in [2.45, 2.75) is 43.9 Å². The molecule has 36 heavy (non-hydrogen) atoms. The number of hydrogen-bond acceptors (Lipinski definition) is 6. The topological polar surface area (TPSA) is 121 Å². The van der Waals surface area contributed by atoms with E-state index in [9.17, 15) is 31.5 Å². The first kappa shape index (κ1) is 25.4. The highest BCUT2D eigenvalue weighted by Gasteiger charge is 2.46. The number of carboxylic acids is 1. The van der Waals surface area contributed by atoms with Crippen molar-refractivity contribution < 1.29 is 31.5 Å². The zero-order chi connectivity index (χ0) is 26.3. The molecule has 1 aromatic carbocycles. The molecule has 0 aliphatic heterocycles. The van der Waals surface area contributed by atoms with Gasteiger partial charge in [-0.05, 0) is 56.5 Å². The minimum absolute atomic E-state index is 0.183. The van der Waals surface area contributed by atoms with Crippen molar-refractivity contribution in [3.63, 3.8) is 0 Å². The van der Waals surface area contributed by atoms with Crippen LogP contribution in [0.4, 0.5) is 24.8 Å². The highest BCUT2D eigenvalue weighted by molar-refractivity contribution is 7.92. The molecule has 1 saturated carbocycles. The first-order chi connectivity index (χ1) is 16.8. The summed E-state index contributed by atoms with van der Waals surface area (Å²) in [6, 6.07) is 12.2. The summed E-state index contributed by atoms with van der Waals surface area (Å²) in [5.74, 6) is -0.961. The van der Waals surface area contributed by atoms with Crippen molar-refractivity contribution >= 4 is 27.6 Å². The first-order valence-electron chi connectivity index (χ1n) is 10.9.